The second-order valence-corrected chi connectivity index (χ2v) is 7.84. The zero-order valence-electron chi connectivity index (χ0n) is 16.2. The molecule has 2 fully saturated rings. The van der Waals surface area contributed by atoms with E-state index in [0.717, 1.165) is 31.8 Å². The molecular formula is C22H32N2O2. The predicted octanol–water partition coefficient (Wildman–Crippen LogP) is 3.79. The van der Waals surface area contributed by atoms with E-state index in [1.807, 2.05) is 19.9 Å². The van der Waals surface area contributed by atoms with Crippen molar-refractivity contribution in [3.05, 3.63) is 42.0 Å². The van der Waals surface area contributed by atoms with E-state index in [1.165, 1.54) is 36.8 Å². The third-order valence-electron chi connectivity index (χ3n) is 5.36. The fraction of sp³-hybridized carbons (Fsp3) is 0.591. The minimum Gasteiger partial charge on any atom is -0.491 e. The van der Waals surface area contributed by atoms with Crippen LogP contribution in [0.15, 0.2) is 30.9 Å². The van der Waals surface area contributed by atoms with Crippen molar-refractivity contribution < 1.29 is 9.53 Å². The molecule has 0 atom stereocenters. The van der Waals surface area contributed by atoms with Gasteiger partial charge in [0.15, 0.2) is 0 Å². The Hall–Kier alpha value is -1.81. The Morgan fingerprint density at radius 2 is 2.04 bits per heavy atom. The molecular weight excluding hydrogens is 324 g/mol. The van der Waals surface area contributed by atoms with Crippen molar-refractivity contribution >= 4 is 5.91 Å². The van der Waals surface area contributed by atoms with Gasteiger partial charge in [0.2, 0.25) is 5.91 Å². The number of rotatable bonds is 7. The van der Waals surface area contributed by atoms with Gasteiger partial charge in [-0.15, -0.1) is 6.58 Å². The summed E-state index contributed by atoms with van der Waals surface area (Å²) in [5.41, 5.74) is 2.40. The first-order valence-electron chi connectivity index (χ1n) is 9.98. The molecule has 4 nitrogen and oxygen atoms in total. The van der Waals surface area contributed by atoms with Gasteiger partial charge >= 0.3 is 0 Å². The lowest BCUT2D eigenvalue weighted by Crippen LogP contribution is -2.53. The smallest absolute Gasteiger partial charge is 0.237 e. The number of nitrogens with zero attached hydrogens (tertiary/aromatic N) is 2. The number of hydrogen-bond donors (Lipinski definition) is 0. The van der Waals surface area contributed by atoms with Gasteiger partial charge in [0, 0.05) is 25.7 Å². The van der Waals surface area contributed by atoms with Gasteiger partial charge in [-0.2, -0.15) is 0 Å². The van der Waals surface area contributed by atoms with E-state index in [4.69, 9.17) is 4.74 Å². The molecule has 1 saturated carbocycles. The summed E-state index contributed by atoms with van der Waals surface area (Å²) in [5.74, 6) is 1.24. The molecule has 0 N–H and O–H groups in total. The Morgan fingerprint density at radius 3 is 2.69 bits per heavy atom. The molecule has 0 aromatic heterocycles. The van der Waals surface area contributed by atoms with Crippen LogP contribution in [-0.4, -0.2) is 47.5 Å². The molecule has 26 heavy (non-hydrogen) atoms. The number of ether oxygens (including phenoxy) is 1. The van der Waals surface area contributed by atoms with Crippen molar-refractivity contribution in [2.24, 2.45) is 0 Å². The molecule has 1 saturated heterocycles. The monoisotopic (exact) mass is 356 g/mol. The Morgan fingerprint density at radius 1 is 1.27 bits per heavy atom. The molecule has 0 spiro atoms. The van der Waals surface area contributed by atoms with Gasteiger partial charge in [0.1, 0.15) is 5.75 Å². The molecule has 0 bridgehead atoms. The van der Waals surface area contributed by atoms with Gasteiger partial charge in [-0.25, -0.2) is 0 Å². The molecule has 1 aliphatic carbocycles. The van der Waals surface area contributed by atoms with Gasteiger partial charge < -0.3 is 9.64 Å². The number of carbonyl (C=O) groups excluding carboxylic acids is 1. The quantitative estimate of drug-likeness (QED) is 0.697. The number of amides is 1. The Bertz CT molecular complexity index is 635. The average Bonchev–Trinajstić information content (AvgIpc) is 3.11. The van der Waals surface area contributed by atoms with E-state index in [9.17, 15) is 4.79 Å². The zero-order chi connectivity index (χ0) is 18.5. The van der Waals surface area contributed by atoms with Crippen molar-refractivity contribution in [3.63, 3.8) is 0 Å². The van der Waals surface area contributed by atoms with E-state index in [1.54, 1.807) is 0 Å². The summed E-state index contributed by atoms with van der Waals surface area (Å²) >= 11 is 0. The Labute approximate surface area is 157 Å². The molecule has 1 amide bonds. The fourth-order valence-electron chi connectivity index (χ4n) is 4.15. The molecule has 1 aromatic rings. The second-order valence-electron chi connectivity index (χ2n) is 7.84. The molecule has 0 radical (unpaired) electrons. The number of piperazine rings is 1. The standard InChI is InChI=1S/C22H32N2O2/c1-4-7-19-14-18(10-11-21(19)26-17(2)3)15-23-12-13-24(22(25)16-23)20-8-5-6-9-20/h4,10-11,14,17,20H,1,5-9,12-13,15-16H2,2-3H3. The average molecular weight is 357 g/mol. The number of allylic oxidation sites excluding steroid dienone is 1. The maximum atomic E-state index is 12.6. The first-order chi connectivity index (χ1) is 12.6. The van der Waals surface area contributed by atoms with Crippen LogP contribution in [0.1, 0.15) is 50.7 Å². The highest BCUT2D eigenvalue weighted by Crippen LogP contribution is 2.26. The van der Waals surface area contributed by atoms with E-state index >= 15 is 0 Å². The summed E-state index contributed by atoms with van der Waals surface area (Å²) in [5, 5.41) is 0. The summed E-state index contributed by atoms with van der Waals surface area (Å²) in [6.45, 7) is 11.1. The number of benzene rings is 1. The van der Waals surface area contributed by atoms with Crippen LogP contribution in [0.2, 0.25) is 0 Å². The zero-order valence-corrected chi connectivity index (χ0v) is 16.2. The normalized spacial score (nSPS) is 19.3. The first-order valence-corrected chi connectivity index (χ1v) is 9.98. The van der Waals surface area contributed by atoms with E-state index in [0.29, 0.717) is 18.5 Å². The molecule has 1 aromatic carbocycles. The fourth-order valence-corrected chi connectivity index (χ4v) is 4.15. The molecule has 0 unspecified atom stereocenters. The van der Waals surface area contributed by atoms with E-state index in [-0.39, 0.29) is 6.10 Å². The van der Waals surface area contributed by atoms with Crippen molar-refractivity contribution in [1.82, 2.24) is 9.80 Å². The van der Waals surface area contributed by atoms with Crippen LogP contribution in [0.25, 0.3) is 0 Å². The van der Waals surface area contributed by atoms with Crippen molar-refractivity contribution in [2.45, 2.75) is 64.6 Å². The Kier molecular flexibility index (Phi) is 6.36. The largest absolute Gasteiger partial charge is 0.491 e. The molecule has 2 aliphatic rings. The molecule has 1 heterocycles. The van der Waals surface area contributed by atoms with Crippen LogP contribution in [0.3, 0.4) is 0 Å². The van der Waals surface area contributed by atoms with Gasteiger partial charge in [-0.05, 0) is 50.3 Å². The lowest BCUT2D eigenvalue weighted by Gasteiger charge is -2.37. The highest BCUT2D eigenvalue weighted by atomic mass is 16.5. The SMILES string of the molecule is C=CCc1cc(CN2CCN(C3CCCC3)C(=O)C2)ccc1OC(C)C. The van der Waals surface area contributed by atoms with Crippen molar-refractivity contribution in [2.75, 3.05) is 19.6 Å². The van der Waals surface area contributed by atoms with Crippen LogP contribution < -0.4 is 4.74 Å². The summed E-state index contributed by atoms with van der Waals surface area (Å²) in [7, 11) is 0. The summed E-state index contributed by atoms with van der Waals surface area (Å²) in [6, 6.07) is 6.88. The highest BCUT2D eigenvalue weighted by molar-refractivity contribution is 5.79. The van der Waals surface area contributed by atoms with Crippen LogP contribution in [0.4, 0.5) is 0 Å². The van der Waals surface area contributed by atoms with Gasteiger partial charge in [-0.3, -0.25) is 9.69 Å². The summed E-state index contributed by atoms with van der Waals surface area (Å²) < 4.78 is 5.91. The van der Waals surface area contributed by atoms with Gasteiger partial charge in [0.05, 0.1) is 12.6 Å². The predicted molar refractivity (Wildman–Crippen MR) is 105 cm³/mol. The van der Waals surface area contributed by atoms with E-state index in [2.05, 4.69) is 34.6 Å². The highest BCUT2D eigenvalue weighted by Gasteiger charge is 2.31. The van der Waals surface area contributed by atoms with Crippen LogP contribution in [0, 0.1) is 0 Å². The van der Waals surface area contributed by atoms with Gasteiger partial charge in [-0.1, -0.05) is 31.1 Å². The van der Waals surface area contributed by atoms with Crippen LogP contribution in [-0.2, 0) is 17.8 Å². The first kappa shape index (κ1) is 19.0. The summed E-state index contributed by atoms with van der Waals surface area (Å²) in [4.78, 5) is 17.0. The second kappa shape index (κ2) is 8.72. The lowest BCUT2D eigenvalue weighted by molar-refractivity contribution is -0.138. The Balaban J connectivity index is 1.62. The molecule has 3 rings (SSSR count). The summed E-state index contributed by atoms with van der Waals surface area (Å²) in [6.07, 6.45) is 7.79. The molecule has 1 aliphatic heterocycles. The lowest BCUT2D eigenvalue weighted by atomic mass is 10.1. The number of hydrogen-bond acceptors (Lipinski definition) is 3. The van der Waals surface area contributed by atoms with E-state index < -0.39 is 0 Å². The number of carbonyl (C=O) groups is 1. The van der Waals surface area contributed by atoms with Crippen molar-refractivity contribution in [1.29, 1.82) is 0 Å². The maximum Gasteiger partial charge on any atom is 0.237 e. The van der Waals surface area contributed by atoms with Crippen molar-refractivity contribution in [3.8, 4) is 5.75 Å². The third-order valence-corrected chi connectivity index (χ3v) is 5.36. The minimum absolute atomic E-state index is 0.158. The minimum atomic E-state index is 0.158. The molecule has 4 heteroatoms. The van der Waals surface area contributed by atoms with Gasteiger partial charge in [0.25, 0.3) is 0 Å². The van der Waals surface area contributed by atoms with Crippen LogP contribution in [0.5, 0.6) is 5.75 Å². The maximum absolute atomic E-state index is 12.6. The topological polar surface area (TPSA) is 32.8 Å². The molecule has 142 valence electrons. The van der Waals surface area contributed by atoms with Crippen LogP contribution >= 0.6 is 0 Å². The third kappa shape index (κ3) is 4.67.